The number of allylic oxidation sites excluding steroid dienone is 2. The van der Waals surface area contributed by atoms with Crippen LogP contribution in [0.15, 0.2) is 12.2 Å². The Balaban J connectivity index is 0.0000366. The summed E-state index contributed by atoms with van der Waals surface area (Å²) in [4.78, 5) is 169. The molecule has 9 amide bonds. The lowest BCUT2D eigenvalue weighted by atomic mass is 9.84. The quantitative estimate of drug-likeness (QED) is 0.156. The zero-order valence-electron chi connectivity index (χ0n) is 57.9. The average molecular weight is 1230 g/mol. The van der Waals surface area contributed by atoms with Gasteiger partial charge in [-0.2, -0.15) is 0 Å². The molecule has 1 heterocycles. The van der Waals surface area contributed by atoms with Crippen molar-refractivity contribution < 1.29 is 63.0 Å². The fraction of sp³-hybridized carbons (Fsp3) is 0.800. The molecule has 22 nitrogen and oxygen atoms in total. The number of ketones is 2. The van der Waals surface area contributed by atoms with Gasteiger partial charge in [-0.3, -0.25) is 52.7 Å². The summed E-state index contributed by atoms with van der Waals surface area (Å²) in [5, 5.41) is 24.6. The Morgan fingerprint density at radius 3 is 1.34 bits per heavy atom. The van der Waals surface area contributed by atoms with Crippen LogP contribution in [-0.4, -0.2) is 227 Å². The third kappa shape index (κ3) is 23.6. The molecule has 500 valence electrons. The van der Waals surface area contributed by atoms with E-state index in [1.165, 1.54) is 80.8 Å². The molecular weight excluding hydrogens is 1110 g/mol. The van der Waals surface area contributed by atoms with E-state index in [4.69, 9.17) is 5.11 Å². The lowest BCUT2D eigenvalue weighted by Crippen LogP contribution is -2.63. The second-order valence-corrected chi connectivity index (χ2v) is 26.7. The molecule has 1 aliphatic heterocycles. The second kappa shape index (κ2) is 37.9. The van der Waals surface area contributed by atoms with Gasteiger partial charge in [-0.15, -0.1) is 0 Å². The molecule has 1 unspecified atom stereocenters. The van der Waals surface area contributed by atoms with Gasteiger partial charge in [-0.25, -0.2) is 0 Å². The minimum Gasteiger partial charge on any atom is -0.400 e. The third-order valence-corrected chi connectivity index (χ3v) is 16.7. The molecule has 0 spiro atoms. The number of hydrogen-bond donors (Lipinski definition) is 4. The smallest absolute Gasteiger partial charge is 0.246 e. The van der Waals surface area contributed by atoms with Gasteiger partial charge in [-0.1, -0.05) is 116 Å². The molecule has 1 rings (SSSR count). The van der Waals surface area contributed by atoms with Crippen LogP contribution in [0.5, 0.6) is 0 Å². The van der Waals surface area contributed by atoms with Crippen molar-refractivity contribution in [3.63, 3.8) is 0 Å². The largest absolute Gasteiger partial charge is 0.400 e. The normalized spacial score (nSPS) is 26.5. The van der Waals surface area contributed by atoms with Crippen molar-refractivity contribution in [1.82, 2.24) is 44.9 Å². The van der Waals surface area contributed by atoms with Gasteiger partial charge in [0.15, 0.2) is 11.6 Å². The van der Waals surface area contributed by atoms with Crippen LogP contribution >= 0.6 is 0 Å². The molecule has 1 saturated heterocycles. The van der Waals surface area contributed by atoms with Gasteiger partial charge in [0.2, 0.25) is 53.2 Å². The SMILES string of the molecule is C/C=C/C[C@@H](C)[C@@H](O)C1C(=O)N[C@@H](CC)C(=O)N(C)CC(=O)N(C)[C@@H](CC(C)C)C(=O)C[C@@H](C(C)C)C(=O)N(C)[C@@H](CC(C)C)C(=O)C[C@@H](C)C(=O)N[C@H](C)C(=O)N(C)[C@@H](CC(C)C)C(=O)N(C)[C@@H](CC(C)C)C(=O)N(C)[C@@H](C(C)C)C(=O)N1C.CO. The van der Waals surface area contributed by atoms with Crippen LogP contribution in [-0.2, 0) is 52.7 Å². The molecule has 1 aliphatic rings. The Kier molecular flexibility index (Phi) is 35.4. The maximum Gasteiger partial charge on any atom is 0.246 e. The third-order valence-electron chi connectivity index (χ3n) is 16.7. The summed E-state index contributed by atoms with van der Waals surface area (Å²) < 4.78 is 0. The fourth-order valence-corrected chi connectivity index (χ4v) is 11.2. The lowest BCUT2D eigenvalue weighted by molar-refractivity contribution is -0.157. The van der Waals surface area contributed by atoms with Gasteiger partial charge < -0.3 is 55.1 Å². The Bertz CT molecular complexity index is 2320. The number of carbonyl (C=O) groups is 11. The predicted octanol–water partition coefficient (Wildman–Crippen LogP) is 5.06. The van der Waals surface area contributed by atoms with Gasteiger partial charge in [-0.05, 0) is 93.8 Å². The van der Waals surface area contributed by atoms with E-state index in [0.717, 1.165) is 16.9 Å². The molecule has 1 fully saturated rings. The number of amides is 9. The number of aliphatic hydroxyl groups excluding tert-OH is 2. The van der Waals surface area contributed by atoms with Crippen LogP contribution in [0.1, 0.15) is 169 Å². The Morgan fingerprint density at radius 2 is 0.908 bits per heavy atom. The van der Waals surface area contributed by atoms with Crippen molar-refractivity contribution in [2.75, 3.05) is 63.0 Å². The van der Waals surface area contributed by atoms with Crippen molar-refractivity contribution in [3.8, 4) is 0 Å². The molecule has 0 aromatic carbocycles. The summed E-state index contributed by atoms with van der Waals surface area (Å²) in [6.45, 7) is 29.9. The molecule has 4 N–H and O–H groups in total. The van der Waals surface area contributed by atoms with E-state index in [1.807, 2.05) is 61.5 Å². The van der Waals surface area contributed by atoms with E-state index in [1.54, 1.807) is 61.5 Å². The molecule has 0 radical (unpaired) electrons. The molecule has 0 aliphatic carbocycles. The van der Waals surface area contributed by atoms with E-state index in [-0.39, 0.29) is 74.5 Å². The van der Waals surface area contributed by atoms with Crippen LogP contribution in [0.2, 0.25) is 0 Å². The van der Waals surface area contributed by atoms with Crippen molar-refractivity contribution in [2.45, 2.75) is 224 Å². The monoisotopic (exact) mass is 1230 g/mol. The van der Waals surface area contributed by atoms with Gasteiger partial charge in [0.1, 0.15) is 36.3 Å². The van der Waals surface area contributed by atoms with Crippen molar-refractivity contribution in [2.24, 2.45) is 53.3 Å². The van der Waals surface area contributed by atoms with Gasteiger partial charge in [0, 0.05) is 81.1 Å². The van der Waals surface area contributed by atoms with Gasteiger partial charge in [0.05, 0.1) is 24.7 Å². The van der Waals surface area contributed by atoms with Crippen molar-refractivity contribution >= 4 is 64.7 Å². The Morgan fingerprint density at radius 1 is 0.494 bits per heavy atom. The topological polar surface area (TPSA) is 275 Å². The standard InChI is InChI=1S/C64H113N9O12.CH4O/c1-25-27-28-42(15)56(77)55-58(79)66-46(26-2)61(82)67(18)35-53(76)68(19)47(29-36(3)4)52(75)34-45(40(11)12)60(81)69(20)48(30-37(5)6)51(74)33-43(16)57(78)65-44(17)59(80)70(21)49(31-38(7)8)62(83)71(22)50(32-39(9)10)63(84)72(23)54(41(13)14)64(85)73(55)24;1-2/h25,27,36-50,54-56,77H,26,28-35H2,1-24H3,(H,65,78)(H,66,79);2H,1H3/b27-25+;/t42-,43-,44-,45+,46+,47+,48+,49+,50+,54+,55?,56-;/m1./s1. The summed E-state index contributed by atoms with van der Waals surface area (Å²) in [6, 6.07) is -9.52. The highest BCUT2D eigenvalue weighted by atomic mass is 16.3. The average Bonchev–Trinajstić information content (AvgIpc) is 1.33. The van der Waals surface area contributed by atoms with Crippen molar-refractivity contribution in [1.29, 1.82) is 0 Å². The molecule has 0 aromatic rings. The molecule has 0 bridgehead atoms. The predicted molar refractivity (Wildman–Crippen MR) is 339 cm³/mol. The van der Waals surface area contributed by atoms with E-state index >= 15 is 9.59 Å². The van der Waals surface area contributed by atoms with E-state index in [9.17, 15) is 48.3 Å². The zero-order valence-corrected chi connectivity index (χ0v) is 57.9. The van der Waals surface area contributed by atoms with E-state index in [0.29, 0.717) is 6.42 Å². The minimum atomic E-state index is -1.60. The van der Waals surface area contributed by atoms with E-state index < -0.39 is 149 Å². The molecule has 0 saturated carbocycles. The second-order valence-electron chi connectivity index (χ2n) is 26.7. The maximum absolute atomic E-state index is 15.1. The van der Waals surface area contributed by atoms with Crippen LogP contribution < -0.4 is 10.6 Å². The number of hydrogen-bond acceptors (Lipinski definition) is 13. The molecule has 0 aromatic heterocycles. The Hall–Kier alpha value is -5.77. The molecule has 12 atom stereocenters. The summed E-state index contributed by atoms with van der Waals surface area (Å²) in [5.41, 5.74) is 0. The number of carbonyl (C=O) groups excluding carboxylic acids is 11. The fourth-order valence-electron chi connectivity index (χ4n) is 11.2. The first-order valence-electron chi connectivity index (χ1n) is 31.5. The first-order valence-corrected chi connectivity index (χ1v) is 31.5. The van der Waals surface area contributed by atoms with E-state index in [2.05, 4.69) is 10.6 Å². The summed E-state index contributed by atoms with van der Waals surface area (Å²) in [7, 11) is 11.1. The summed E-state index contributed by atoms with van der Waals surface area (Å²) in [5.74, 6) is -10.3. The first-order chi connectivity index (χ1) is 40.2. The number of Topliss-reactive ketones (excluding diaryl/α,β-unsaturated/α-hetero) is 2. The number of nitrogens with one attached hydrogen (secondary N) is 2. The van der Waals surface area contributed by atoms with Crippen LogP contribution in [0.3, 0.4) is 0 Å². The highest BCUT2D eigenvalue weighted by Gasteiger charge is 2.46. The molecule has 87 heavy (non-hydrogen) atoms. The highest BCUT2D eigenvalue weighted by molar-refractivity contribution is 5.99. The molecule has 22 heteroatoms. The van der Waals surface area contributed by atoms with Crippen LogP contribution in [0, 0.1) is 53.3 Å². The van der Waals surface area contributed by atoms with Crippen molar-refractivity contribution in [3.05, 3.63) is 12.2 Å². The first kappa shape index (κ1) is 81.2. The number of rotatable bonds is 15. The van der Waals surface area contributed by atoms with Crippen LogP contribution in [0.4, 0.5) is 0 Å². The lowest BCUT2D eigenvalue weighted by Gasteiger charge is -2.41. The summed E-state index contributed by atoms with van der Waals surface area (Å²) in [6.07, 6.45) is 2.72. The number of aliphatic hydroxyl groups is 2. The summed E-state index contributed by atoms with van der Waals surface area (Å²) >= 11 is 0. The maximum atomic E-state index is 15.1. The zero-order chi connectivity index (χ0) is 68.0. The number of nitrogens with zero attached hydrogens (tertiary/aromatic N) is 7. The number of likely N-dealkylation sites (N-methyl/N-ethyl adjacent to an activating group) is 7. The highest BCUT2D eigenvalue weighted by Crippen LogP contribution is 2.28. The molecular formula is C65H117N9O13. The van der Waals surface area contributed by atoms with Crippen LogP contribution in [0.25, 0.3) is 0 Å². The van der Waals surface area contributed by atoms with Gasteiger partial charge in [0.25, 0.3) is 0 Å². The minimum absolute atomic E-state index is 0.0368. The Labute approximate surface area is 522 Å². The van der Waals surface area contributed by atoms with Gasteiger partial charge >= 0.3 is 0 Å².